The largest absolute Gasteiger partial charge is 0.478 e. The number of rotatable bonds is 4. The van der Waals surface area contributed by atoms with Crippen LogP contribution in [-0.2, 0) is 11.3 Å². The van der Waals surface area contributed by atoms with Crippen molar-refractivity contribution in [3.8, 4) is 0 Å². The Hall–Kier alpha value is -1.10. The fraction of sp³-hybridized carbons (Fsp3) is 0.500. The van der Waals surface area contributed by atoms with Crippen molar-refractivity contribution in [2.45, 2.75) is 25.5 Å². The standard InChI is InChI=1S/C14H18ClNO3/c1-19-12-4-6-16(7-5-12)9-11-3-2-10(14(17)18)8-13(11)15/h2-3,8,12H,4-7,9H2,1H3,(H,17,18). The highest BCUT2D eigenvalue weighted by atomic mass is 35.5. The van der Waals surface area contributed by atoms with Gasteiger partial charge in [-0.3, -0.25) is 4.90 Å². The second-order valence-electron chi connectivity index (χ2n) is 4.82. The van der Waals surface area contributed by atoms with Gasteiger partial charge in [-0.25, -0.2) is 4.79 Å². The molecule has 104 valence electrons. The zero-order chi connectivity index (χ0) is 13.8. The number of benzene rings is 1. The summed E-state index contributed by atoms with van der Waals surface area (Å²) in [5.41, 5.74) is 1.20. The topological polar surface area (TPSA) is 49.8 Å². The highest BCUT2D eigenvalue weighted by Crippen LogP contribution is 2.22. The molecule has 19 heavy (non-hydrogen) atoms. The quantitative estimate of drug-likeness (QED) is 0.923. The number of likely N-dealkylation sites (tertiary alicyclic amines) is 1. The normalized spacial score (nSPS) is 17.6. The van der Waals surface area contributed by atoms with Gasteiger partial charge in [-0.15, -0.1) is 0 Å². The Morgan fingerprint density at radius 1 is 1.47 bits per heavy atom. The zero-order valence-corrected chi connectivity index (χ0v) is 11.7. The Kier molecular flexibility index (Phi) is 4.80. The second kappa shape index (κ2) is 6.37. The fourth-order valence-corrected chi connectivity index (χ4v) is 2.59. The molecule has 1 aliphatic rings. The molecule has 5 heteroatoms. The van der Waals surface area contributed by atoms with Gasteiger partial charge in [-0.2, -0.15) is 0 Å². The van der Waals surface area contributed by atoms with Crippen molar-refractivity contribution < 1.29 is 14.6 Å². The fourth-order valence-electron chi connectivity index (χ4n) is 2.35. The monoisotopic (exact) mass is 283 g/mol. The van der Waals surface area contributed by atoms with Crippen LogP contribution in [0.1, 0.15) is 28.8 Å². The molecule has 1 saturated heterocycles. The van der Waals surface area contributed by atoms with Crippen LogP contribution in [0.25, 0.3) is 0 Å². The number of ether oxygens (including phenoxy) is 1. The summed E-state index contributed by atoms with van der Waals surface area (Å²) in [5.74, 6) is -0.950. The van der Waals surface area contributed by atoms with Gasteiger partial charge in [0, 0.05) is 31.8 Å². The van der Waals surface area contributed by atoms with E-state index in [1.54, 1.807) is 19.2 Å². The number of aromatic carboxylic acids is 1. The highest BCUT2D eigenvalue weighted by Gasteiger charge is 2.19. The van der Waals surface area contributed by atoms with E-state index in [2.05, 4.69) is 4.90 Å². The molecule has 0 atom stereocenters. The maximum Gasteiger partial charge on any atom is 0.335 e. The number of nitrogens with zero attached hydrogens (tertiary/aromatic N) is 1. The minimum Gasteiger partial charge on any atom is -0.478 e. The van der Waals surface area contributed by atoms with Crippen LogP contribution >= 0.6 is 11.6 Å². The minimum atomic E-state index is -0.950. The number of carboxylic acids is 1. The molecule has 1 heterocycles. The van der Waals surface area contributed by atoms with E-state index in [1.165, 1.54) is 6.07 Å². The Labute approximate surface area is 117 Å². The van der Waals surface area contributed by atoms with Crippen molar-refractivity contribution in [1.82, 2.24) is 4.90 Å². The molecule has 0 bridgehead atoms. The smallest absolute Gasteiger partial charge is 0.335 e. The Morgan fingerprint density at radius 2 is 2.16 bits per heavy atom. The van der Waals surface area contributed by atoms with E-state index in [0.717, 1.165) is 38.0 Å². The SMILES string of the molecule is COC1CCN(Cc2ccc(C(=O)O)cc2Cl)CC1. The number of hydrogen-bond donors (Lipinski definition) is 1. The average Bonchev–Trinajstić information content (AvgIpc) is 2.41. The lowest BCUT2D eigenvalue weighted by molar-refractivity contribution is 0.0388. The second-order valence-corrected chi connectivity index (χ2v) is 5.23. The molecule has 0 aromatic heterocycles. The third kappa shape index (κ3) is 3.69. The number of hydrogen-bond acceptors (Lipinski definition) is 3. The van der Waals surface area contributed by atoms with E-state index in [1.807, 2.05) is 0 Å². The molecule has 1 fully saturated rings. The number of carboxylic acid groups (broad SMARTS) is 1. The molecule has 0 amide bonds. The lowest BCUT2D eigenvalue weighted by atomic mass is 10.1. The van der Waals surface area contributed by atoms with Gasteiger partial charge < -0.3 is 9.84 Å². The molecule has 0 unspecified atom stereocenters. The molecule has 0 aliphatic carbocycles. The molecular formula is C14H18ClNO3. The molecule has 1 aromatic rings. The van der Waals surface area contributed by atoms with Gasteiger partial charge in [0.1, 0.15) is 0 Å². The van der Waals surface area contributed by atoms with Gasteiger partial charge in [0.15, 0.2) is 0 Å². The summed E-state index contributed by atoms with van der Waals surface area (Å²) in [5, 5.41) is 9.42. The van der Waals surface area contributed by atoms with E-state index in [9.17, 15) is 4.79 Å². The number of piperidine rings is 1. The van der Waals surface area contributed by atoms with Gasteiger partial charge in [-0.05, 0) is 30.5 Å². The first-order valence-electron chi connectivity index (χ1n) is 6.37. The van der Waals surface area contributed by atoms with Crippen molar-refractivity contribution in [1.29, 1.82) is 0 Å². The van der Waals surface area contributed by atoms with E-state index < -0.39 is 5.97 Å². The predicted octanol–water partition coefficient (Wildman–Crippen LogP) is 2.65. The number of methoxy groups -OCH3 is 1. The van der Waals surface area contributed by atoms with Crippen molar-refractivity contribution in [2.75, 3.05) is 20.2 Å². The molecule has 1 N–H and O–H groups in total. The summed E-state index contributed by atoms with van der Waals surface area (Å²) in [6.07, 6.45) is 2.42. The molecule has 4 nitrogen and oxygen atoms in total. The Morgan fingerprint density at radius 3 is 2.68 bits per heavy atom. The first-order valence-corrected chi connectivity index (χ1v) is 6.75. The first kappa shape index (κ1) is 14.3. The maximum absolute atomic E-state index is 10.8. The maximum atomic E-state index is 10.8. The van der Waals surface area contributed by atoms with Gasteiger partial charge in [0.25, 0.3) is 0 Å². The van der Waals surface area contributed by atoms with Crippen LogP contribution in [0.4, 0.5) is 0 Å². The predicted molar refractivity (Wildman–Crippen MR) is 73.7 cm³/mol. The molecule has 1 aliphatic heterocycles. The van der Waals surface area contributed by atoms with Gasteiger partial charge in [-0.1, -0.05) is 17.7 Å². The van der Waals surface area contributed by atoms with Gasteiger partial charge in [0.2, 0.25) is 0 Å². The molecule has 1 aromatic carbocycles. The summed E-state index contributed by atoms with van der Waals surface area (Å²) in [6, 6.07) is 4.92. The molecule has 2 rings (SSSR count). The van der Waals surface area contributed by atoms with Crippen molar-refractivity contribution >= 4 is 17.6 Å². The van der Waals surface area contributed by atoms with E-state index in [-0.39, 0.29) is 5.56 Å². The average molecular weight is 284 g/mol. The van der Waals surface area contributed by atoms with E-state index in [0.29, 0.717) is 11.1 Å². The van der Waals surface area contributed by atoms with Gasteiger partial charge >= 0.3 is 5.97 Å². The molecule has 0 saturated carbocycles. The third-order valence-electron chi connectivity index (χ3n) is 3.56. The van der Waals surface area contributed by atoms with E-state index >= 15 is 0 Å². The highest BCUT2D eigenvalue weighted by molar-refractivity contribution is 6.31. The third-order valence-corrected chi connectivity index (χ3v) is 3.91. The summed E-state index contributed by atoms with van der Waals surface area (Å²) >= 11 is 6.13. The van der Waals surface area contributed by atoms with Crippen LogP contribution in [0, 0.1) is 0 Å². The van der Waals surface area contributed by atoms with Crippen LogP contribution < -0.4 is 0 Å². The van der Waals surface area contributed by atoms with Crippen molar-refractivity contribution in [3.63, 3.8) is 0 Å². The lowest BCUT2D eigenvalue weighted by Gasteiger charge is -2.31. The Bertz CT molecular complexity index is 456. The van der Waals surface area contributed by atoms with Crippen LogP contribution in [0.15, 0.2) is 18.2 Å². The van der Waals surface area contributed by atoms with E-state index in [4.69, 9.17) is 21.4 Å². The lowest BCUT2D eigenvalue weighted by Crippen LogP contribution is -2.36. The van der Waals surface area contributed by atoms with Gasteiger partial charge in [0.05, 0.1) is 11.7 Å². The van der Waals surface area contributed by atoms with Crippen LogP contribution in [0.3, 0.4) is 0 Å². The van der Waals surface area contributed by atoms with Crippen LogP contribution in [0.5, 0.6) is 0 Å². The molecule has 0 radical (unpaired) electrons. The summed E-state index contributed by atoms with van der Waals surface area (Å²) in [7, 11) is 1.75. The van der Waals surface area contributed by atoms with Crippen molar-refractivity contribution in [3.05, 3.63) is 34.3 Å². The van der Waals surface area contributed by atoms with Crippen LogP contribution in [0.2, 0.25) is 5.02 Å². The number of halogens is 1. The molecular weight excluding hydrogens is 266 g/mol. The molecule has 0 spiro atoms. The summed E-state index contributed by atoms with van der Waals surface area (Å²) in [6.45, 7) is 2.72. The zero-order valence-electron chi connectivity index (χ0n) is 10.9. The Balaban J connectivity index is 1.98. The summed E-state index contributed by atoms with van der Waals surface area (Å²) in [4.78, 5) is 13.2. The summed E-state index contributed by atoms with van der Waals surface area (Å²) < 4.78 is 5.34. The number of carbonyl (C=O) groups is 1. The van der Waals surface area contributed by atoms with Crippen LogP contribution in [-0.4, -0.2) is 42.3 Å². The first-order chi connectivity index (χ1) is 9.10. The van der Waals surface area contributed by atoms with Crippen molar-refractivity contribution in [2.24, 2.45) is 0 Å². The minimum absolute atomic E-state index is 0.229.